The fourth-order valence-electron chi connectivity index (χ4n) is 2.93. The average Bonchev–Trinajstić information content (AvgIpc) is 2.94. The molecule has 0 saturated heterocycles. The Hall–Kier alpha value is -1.43. The summed E-state index contributed by atoms with van der Waals surface area (Å²) in [6, 6.07) is 2.08. The molecule has 0 radical (unpaired) electrons. The van der Waals surface area contributed by atoms with Gasteiger partial charge in [0.05, 0.1) is 10.2 Å². The lowest BCUT2D eigenvalue weighted by Gasteiger charge is -2.17. The molecule has 6 heteroatoms. The molecule has 1 N–H and O–H groups in total. The molecule has 20 heavy (non-hydrogen) atoms. The summed E-state index contributed by atoms with van der Waals surface area (Å²) in [6.45, 7) is 1.95. The molecule has 0 bridgehead atoms. The second kappa shape index (κ2) is 5.16. The van der Waals surface area contributed by atoms with Crippen LogP contribution in [0.1, 0.15) is 37.4 Å². The molecule has 0 atom stereocenters. The third kappa shape index (κ3) is 2.12. The van der Waals surface area contributed by atoms with Crippen LogP contribution in [0.3, 0.4) is 0 Å². The fraction of sp³-hybridized carbons (Fsp3) is 0.500. The molecule has 0 unspecified atom stereocenters. The predicted octanol–water partition coefficient (Wildman–Crippen LogP) is 3.02. The Labute approximate surface area is 125 Å². The Balaban J connectivity index is 2.37. The summed E-state index contributed by atoms with van der Waals surface area (Å²) in [7, 11) is 1.79. The molecular weight excluding hydrogens is 320 g/mol. The molecule has 1 aliphatic carbocycles. The maximum absolute atomic E-state index is 12.5. The smallest absolute Gasteiger partial charge is 0.266 e. The van der Waals surface area contributed by atoms with Crippen molar-refractivity contribution in [2.45, 2.75) is 38.6 Å². The number of rotatable bonds is 2. The highest BCUT2D eigenvalue weighted by atomic mass is 79.9. The van der Waals surface area contributed by atoms with E-state index < -0.39 is 0 Å². The zero-order valence-corrected chi connectivity index (χ0v) is 13.2. The van der Waals surface area contributed by atoms with E-state index >= 15 is 0 Å². The van der Waals surface area contributed by atoms with Crippen molar-refractivity contribution in [2.24, 2.45) is 0 Å². The van der Waals surface area contributed by atoms with Gasteiger partial charge >= 0.3 is 0 Å². The van der Waals surface area contributed by atoms with Gasteiger partial charge < -0.3 is 5.32 Å². The molecule has 1 aliphatic rings. The van der Waals surface area contributed by atoms with Crippen molar-refractivity contribution in [3.8, 4) is 0 Å². The first-order valence-electron chi connectivity index (χ1n) is 6.89. The van der Waals surface area contributed by atoms with Crippen molar-refractivity contribution in [3.05, 3.63) is 26.6 Å². The summed E-state index contributed by atoms with van der Waals surface area (Å²) in [6.07, 6.45) is 4.44. The van der Waals surface area contributed by atoms with Crippen LogP contribution in [0.2, 0.25) is 0 Å². The van der Waals surface area contributed by atoms with Gasteiger partial charge in [-0.3, -0.25) is 9.36 Å². The SMILES string of the molecule is CNc1nc(C)c2cc(Br)c(=O)n(C3CCCC3)c2n1. The number of hydrogen-bond acceptors (Lipinski definition) is 4. The van der Waals surface area contributed by atoms with E-state index in [1.807, 2.05) is 17.6 Å². The Morgan fingerprint density at radius 1 is 1.35 bits per heavy atom. The van der Waals surface area contributed by atoms with E-state index in [1.165, 1.54) is 12.8 Å². The van der Waals surface area contributed by atoms with E-state index in [1.54, 1.807) is 7.05 Å². The number of nitrogens with one attached hydrogen (secondary N) is 1. The Bertz CT molecular complexity index is 719. The first-order chi connectivity index (χ1) is 9.61. The zero-order valence-electron chi connectivity index (χ0n) is 11.6. The quantitative estimate of drug-likeness (QED) is 0.915. The van der Waals surface area contributed by atoms with E-state index in [4.69, 9.17) is 0 Å². The van der Waals surface area contributed by atoms with Gasteiger partial charge in [0.25, 0.3) is 5.56 Å². The Morgan fingerprint density at radius 3 is 2.70 bits per heavy atom. The molecule has 106 valence electrons. The van der Waals surface area contributed by atoms with Crippen LogP contribution < -0.4 is 10.9 Å². The van der Waals surface area contributed by atoms with E-state index in [0.29, 0.717) is 10.4 Å². The lowest BCUT2D eigenvalue weighted by Crippen LogP contribution is -2.25. The van der Waals surface area contributed by atoms with Gasteiger partial charge in [-0.05, 0) is 41.8 Å². The molecule has 1 saturated carbocycles. The summed E-state index contributed by atoms with van der Waals surface area (Å²) < 4.78 is 2.43. The van der Waals surface area contributed by atoms with Crippen molar-refractivity contribution >= 4 is 32.9 Å². The van der Waals surface area contributed by atoms with Crippen LogP contribution in [0.5, 0.6) is 0 Å². The molecule has 2 heterocycles. The fourth-order valence-corrected chi connectivity index (χ4v) is 3.35. The largest absolute Gasteiger partial charge is 0.357 e. The molecule has 1 fully saturated rings. The summed E-state index contributed by atoms with van der Waals surface area (Å²) in [5, 5.41) is 3.90. The second-order valence-corrected chi connectivity index (χ2v) is 6.08. The van der Waals surface area contributed by atoms with E-state index in [9.17, 15) is 4.79 Å². The molecule has 0 spiro atoms. The lowest BCUT2D eigenvalue weighted by atomic mass is 10.2. The molecule has 3 rings (SSSR count). The first-order valence-corrected chi connectivity index (χ1v) is 7.68. The van der Waals surface area contributed by atoms with Crippen molar-refractivity contribution in [2.75, 3.05) is 12.4 Å². The highest BCUT2D eigenvalue weighted by molar-refractivity contribution is 9.10. The van der Waals surface area contributed by atoms with Crippen LogP contribution in [0, 0.1) is 6.92 Å². The standard InChI is InChI=1S/C14H17BrN4O/c1-8-10-7-11(15)13(20)19(9-5-3-4-6-9)12(10)18-14(16-2)17-8/h7,9H,3-6H2,1-2H3,(H,16,17,18). The Morgan fingerprint density at radius 2 is 2.05 bits per heavy atom. The van der Waals surface area contributed by atoms with Gasteiger partial charge in [0.15, 0.2) is 0 Å². The van der Waals surface area contributed by atoms with Crippen LogP contribution in [0.15, 0.2) is 15.3 Å². The summed E-state index contributed by atoms with van der Waals surface area (Å²) >= 11 is 3.38. The van der Waals surface area contributed by atoms with Gasteiger partial charge in [0.1, 0.15) is 5.65 Å². The molecule has 0 aromatic carbocycles. The van der Waals surface area contributed by atoms with Gasteiger partial charge in [-0.25, -0.2) is 4.98 Å². The van der Waals surface area contributed by atoms with Crippen molar-refractivity contribution in [3.63, 3.8) is 0 Å². The minimum atomic E-state index is 0.00422. The molecule has 5 nitrogen and oxygen atoms in total. The van der Waals surface area contributed by atoms with Crippen LogP contribution in [0.4, 0.5) is 5.95 Å². The molecule has 2 aromatic heterocycles. The van der Waals surface area contributed by atoms with Gasteiger partial charge in [0.2, 0.25) is 5.95 Å². The van der Waals surface area contributed by atoms with Crippen molar-refractivity contribution in [1.29, 1.82) is 0 Å². The zero-order chi connectivity index (χ0) is 14.3. The number of anilines is 1. The topological polar surface area (TPSA) is 59.8 Å². The number of halogens is 1. The normalized spacial score (nSPS) is 15.9. The maximum Gasteiger partial charge on any atom is 0.266 e. The molecular formula is C14H17BrN4O. The lowest BCUT2D eigenvalue weighted by molar-refractivity contribution is 0.514. The maximum atomic E-state index is 12.5. The highest BCUT2D eigenvalue weighted by Gasteiger charge is 2.22. The van der Waals surface area contributed by atoms with E-state index in [0.717, 1.165) is 29.6 Å². The summed E-state index contributed by atoms with van der Waals surface area (Å²) in [5.74, 6) is 0.559. The van der Waals surface area contributed by atoms with Gasteiger partial charge in [-0.1, -0.05) is 12.8 Å². The summed E-state index contributed by atoms with van der Waals surface area (Å²) in [4.78, 5) is 21.4. The third-order valence-electron chi connectivity index (χ3n) is 3.95. The minimum Gasteiger partial charge on any atom is -0.357 e. The van der Waals surface area contributed by atoms with Crippen LogP contribution in [0.25, 0.3) is 11.0 Å². The van der Waals surface area contributed by atoms with Crippen LogP contribution >= 0.6 is 15.9 Å². The van der Waals surface area contributed by atoms with E-state index in [-0.39, 0.29) is 11.6 Å². The van der Waals surface area contributed by atoms with Crippen molar-refractivity contribution < 1.29 is 0 Å². The molecule has 0 amide bonds. The predicted molar refractivity (Wildman–Crippen MR) is 83.3 cm³/mol. The number of fused-ring (bicyclic) bond motifs is 1. The number of aryl methyl sites for hydroxylation is 1. The third-order valence-corrected chi connectivity index (χ3v) is 4.52. The minimum absolute atomic E-state index is 0.00422. The highest BCUT2D eigenvalue weighted by Crippen LogP contribution is 2.31. The van der Waals surface area contributed by atoms with Crippen LogP contribution in [-0.4, -0.2) is 21.6 Å². The monoisotopic (exact) mass is 336 g/mol. The number of aromatic nitrogens is 3. The number of nitrogens with zero attached hydrogens (tertiary/aromatic N) is 3. The second-order valence-electron chi connectivity index (χ2n) is 5.23. The number of pyridine rings is 1. The first kappa shape index (κ1) is 13.5. The van der Waals surface area contributed by atoms with Gasteiger partial charge in [0, 0.05) is 18.5 Å². The number of hydrogen-bond donors (Lipinski definition) is 1. The van der Waals surface area contributed by atoms with Gasteiger partial charge in [-0.15, -0.1) is 0 Å². The molecule has 2 aromatic rings. The summed E-state index contributed by atoms with van der Waals surface area (Å²) in [5.41, 5.74) is 1.62. The average molecular weight is 337 g/mol. The van der Waals surface area contributed by atoms with Crippen molar-refractivity contribution in [1.82, 2.24) is 14.5 Å². The van der Waals surface area contributed by atoms with Crippen LogP contribution in [-0.2, 0) is 0 Å². The van der Waals surface area contributed by atoms with Gasteiger partial charge in [-0.2, -0.15) is 4.98 Å². The molecule has 0 aliphatic heterocycles. The Kier molecular flexibility index (Phi) is 3.50. The van der Waals surface area contributed by atoms with E-state index in [2.05, 4.69) is 31.2 Å².